The van der Waals surface area contributed by atoms with Crippen LogP contribution in [0, 0.1) is 5.82 Å². The predicted molar refractivity (Wildman–Crippen MR) is 72.6 cm³/mol. The molecule has 1 atom stereocenters. The summed E-state index contributed by atoms with van der Waals surface area (Å²) in [6, 6.07) is 4.19. The largest absolute Gasteiger partial charge is 0.388 e. The van der Waals surface area contributed by atoms with Gasteiger partial charge in [-0.3, -0.25) is 4.68 Å². The highest BCUT2D eigenvalue weighted by Gasteiger charge is 2.13. The molecule has 1 N–H and O–H groups in total. The van der Waals surface area contributed by atoms with Crippen molar-refractivity contribution in [2.75, 3.05) is 0 Å². The van der Waals surface area contributed by atoms with E-state index in [1.807, 2.05) is 6.20 Å². The molecule has 102 valence electrons. The van der Waals surface area contributed by atoms with E-state index in [-0.39, 0.29) is 5.82 Å². The molecule has 1 heterocycles. The van der Waals surface area contributed by atoms with Crippen molar-refractivity contribution in [2.45, 2.75) is 32.4 Å². The van der Waals surface area contributed by atoms with Crippen LogP contribution < -0.4 is 0 Å². The third kappa shape index (κ3) is 3.55. The van der Waals surface area contributed by atoms with Gasteiger partial charge in [-0.05, 0) is 24.1 Å². The summed E-state index contributed by atoms with van der Waals surface area (Å²) in [7, 11) is 0. The van der Waals surface area contributed by atoms with E-state index >= 15 is 0 Å². The second-order valence-electron chi connectivity index (χ2n) is 4.49. The molecule has 0 saturated heterocycles. The maximum Gasteiger partial charge on any atom is 0.124 e. The van der Waals surface area contributed by atoms with Crippen LogP contribution in [0.3, 0.4) is 0 Å². The first-order chi connectivity index (χ1) is 9.10. The van der Waals surface area contributed by atoms with Crippen LogP contribution in [-0.4, -0.2) is 14.9 Å². The molecule has 0 amide bonds. The molecular weight excluding hydrogens is 267 g/mol. The first-order valence-corrected chi connectivity index (χ1v) is 6.62. The summed E-state index contributed by atoms with van der Waals surface area (Å²) in [4.78, 5) is 0. The standard InChI is InChI=1S/C14H16ClFN2O/c1-2-5-18-9-11(8-17-18)14(19)6-10-3-4-12(16)7-13(10)15/h3-4,7-9,14,19H,2,5-6H2,1H3. The first kappa shape index (κ1) is 14.0. The number of rotatable bonds is 5. The zero-order chi connectivity index (χ0) is 13.8. The molecule has 1 aromatic heterocycles. The molecule has 0 bridgehead atoms. The Kier molecular flexibility index (Phi) is 4.56. The SMILES string of the molecule is CCCn1cc(C(O)Cc2ccc(F)cc2Cl)cn1. The molecule has 0 radical (unpaired) electrons. The van der Waals surface area contributed by atoms with E-state index in [1.165, 1.54) is 12.1 Å². The van der Waals surface area contributed by atoms with Crippen molar-refractivity contribution in [1.82, 2.24) is 9.78 Å². The van der Waals surface area contributed by atoms with Gasteiger partial charge in [-0.1, -0.05) is 24.6 Å². The van der Waals surface area contributed by atoms with Crippen LogP contribution in [0.15, 0.2) is 30.6 Å². The molecule has 19 heavy (non-hydrogen) atoms. The molecule has 0 spiro atoms. The van der Waals surface area contributed by atoms with Gasteiger partial charge in [0.1, 0.15) is 5.82 Å². The van der Waals surface area contributed by atoms with Crippen molar-refractivity contribution in [2.24, 2.45) is 0 Å². The van der Waals surface area contributed by atoms with Crippen molar-refractivity contribution < 1.29 is 9.50 Å². The zero-order valence-electron chi connectivity index (χ0n) is 10.7. The highest BCUT2D eigenvalue weighted by atomic mass is 35.5. The minimum absolute atomic E-state index is 0.333. The molecule has 2 aromatic rings. The van der Waals surface area contributed by atoms with Gasteiger partial charge in [0, 0.05) is 29.7 Å². The average molecular weight is 283 g/mol. The summed E-state index contributed by atoms with van der Waals surface area (Å²) in [5.41, 5.74) is 1.47. The monoisotopic (exact) mass is 282 g/mol. The molecule has 0 aliphatic rings. The molecule has 3 nitrogen and oxygen atoms in total. The van der Waals surface area contributed by atoms with Gasteiger partial charge in [0.05, 0.1) is 12.3 Å². The van der Waals surface area contributed by atoms with Crippen molar-refractivity contribution >= 4 is 11.6 Å². The van der Waals surface area contributed by atoms with E-state index in [0.29, 0.717) is 11.4 Å². The minimum Gasteiger partial charge on any atom is -0.388 e. The minimum atomic E-state index is -0.687. The van der Waals surface area contributed by atoms with Crippen LogP contribution in [0.5, 0.6) is 0 Å². The number of aromatic nitrogens is 2. The lowest BCUT2D eigenvalue weighted by molar-refractivity contribution is 0.178. The van der Waals surface area contributed by atoms with Crippen molar-refractivity contribution in [3.05, 3.63) is 52.6 Å². The maximum atomic E-state index is 12.9. The lowest BCUT2D eigenvalue weighted by Crippen LogP contribution is -2.02. The number of hydrogen-bond acceptors (Lipinski definition) is 2. The lowest BCUT2D eigenvalue weighted by Gasteiger charge is -2.10. The van der Waals surface area contributed by atoms with E-state index in [2.05, 4.69) is 12.0 Å². The number of nitrogens with zero attached hydrogens (tertiary/aromatic N) is 2. The molecule has 0 fully saturated rings. The highest BCUT2D eigenvalue weighted by Crippen LogP contribution is 2.24. The Morgan fingerprint density at radius 1 is 1.47 bits per heavy atom. The van der Waals surface area contributed by atoms with Crippen LogP contribution in [0.4, 0.5) is 4.39 Å². The molecule has 5 heteroatoms. The van der Waals surface area contributed by atoms with Gasteiger partial charge < -0.3 is 5.11 Å². The van der Waals surface area contributed by atoms with Gasteiger partial charge in [-0.15, -0.1) is 0 Å². The van der Waals surface area contributed by atoms with Gasteiger partial charge in [0.15, 0.2) is 0 Å². The molecule has 0 aliphatic carbocycles. The van der Waals surface area contributed by atoms with Gasteiger partial charge >= 0.3 is 0 Å². The maximum absolute atomic E-state index is 12.9. The summed E-state index contributed by atoms with van der Waals surface area (Å²) in [6.45, 7) is 2.89. The Balaban J connectivity index is 2.09. The van der Waals surface area contributed by atoms with Crippen molar-refractivity contribution in [3.8, 4) is 0 Å². The molecule has 0 saturated carbocycles. The number of halogens is 2. The highest BCUT2D eigenvalue weighted by molar-refractivity contribution is 6.31. The summed E-state index contributed by atoms with van der Waals surface area (Å²) in [5, 5.41) is 14.6. The summed E-state index contributed by atoms with van der Waals surface area (Å²) in [6.07, 6.45) is 4.12. The Hall–Kier alpha value is -1.39. The Morgan fingerprint density at radius 3 is 2.95 bits per heavy atom. The summed E-state index contributed by atoms with van der Waals surface area (Å²) < 4.78 is 14.7. The Bertz CT molecular complexity index is 556. The second kappa shape index (κ2) is 6.17. The van der Waals surface area contributed by atoms with E-state index in [9.17, 15) is 9.50 Å². The smallest absolute Gasteiger partial charge is 0.124 e. The number of aryl methyl sites for hydroxylation is 1. The van der Waals surface area contributed by atoms with Gasteiger partial charge in [-0.2, -0.15) is 5.10 Å². The summed E-state index contributed by atoms with van der Waals surface area (Å²) >= 11 is 5.94. The van der Waals surface area contributed by atoms with Crippen LogP contribution >= 0.6 is 11.6 Å². The van der Waals surface area contributed by atoms with Gasteiger partial charge in [-0.25, -0.2) is 4.39 Å². The Morgan fingerprint density at radius 2 is 2.26 bits per heavy atom. The predicted octanol–water partition coefficient (Wildman–Crippen LogP) is 3.36. The quantitative estimate of drug-likeness (QED) is 0.913. The van der Waals surface area contributed by atoms with Crippen LogP contribution in [0.2, 0.25) is 5.02 Å². The molecule has 2 rings (SSSR count). The first-order valence-electron chi connectivity index (χ1n) is 6.24. The van der Waals surface area contributed by atoms with Gasteiger partial charge in [0.2, 0.25) is 0 Å². The lowest BCUT2D eigenvalue weighted by atomic mass is 10.0. The van der Waals surface area contributed by atoms with Crippen LogP contribution in [-0.2, 0) is 13.0 Å². The van der Waals surface area contributed by atoms with Crippen molar-refractivity contribution in [1.29, 1.82) is 0 Å². The van der Waals surface area contributed by atoms with Crippen LogP contribution in [0.1, 0.15) is 30.6 Å². The Labute approximate surface area is 116 Å². The normalized spacial score (nSPS) is 12.6. The summed E-state index contributed by atoms with van der Waals surface area (Å²) in [5.74, 6) is -0.376. The van der Waals surface area contributed by atoms with Crippen molar-refractivity contribution in [3.63, 3.8) is 0 Å². The van der Waals surface area contributed by atoms with Gasteiger partial charge in [0.25, 0.3) is 0 Å². The van der Waals surface area contributed by atoms with E-state index in [4.69, 9.17) is 11.6 Å². The van der Waals surface area contributed by atoms with E-state index in [0.717, 1.165) is 24.1 Å². The zero-order valence-corrected chi connectivity index (χ0v) is 11.4. The third-order valence-electron chi connectivity index (χ3n) is 2.92. The van der Waals surface area contributed by atoms with Crippen LogP contribution in [0.25, 0.3) is 0 Å². The fourth-order valence-electron chi connectivity index (χ4n) is 1.92. The number of benzene rings is 1. The topological polar surface area (TPSA) is 38.0 Å². The molecule has 0 aliphatic heterocycles. The fraction of sp³-hybridized carbons (Fsp3) is 0.357. The number of hydrogen-bond donors (Lipinski definition) is 1. The average Bonchev–Trinajstić information content (AvgIpc) is 2.82. The van der Waals surface area contributed by atoms with E-state index < -0.39 is 6.10 Å². The number of aliphatic hydroxyl groups is 1. The fourth-order valence-corrected chi connectivity index (χ4v) is 2.16. The molecule has 1 aromatic carbocycles. The van der Waals surface area contributed by atoms with E-state index in [1.54, 1.807) is 16.9 Å². The second-order valence-corrected chi connectivity index (χ2v) is 4.90. The number of aliphatic hydroxyl groups excluding tert-OH is 1. The molecule has 1 unspecified atom stereocenters. The third-order valence-corrected chi connectivity index (χ3v) is 3.27. The molecular formula is C14H16ClFN2O.